The zero-order valence-electron chi connectivity index (χ0n) is 17.7. The van der Waals surface area contributed by atoms with E-state index in [2.05, 4.69) is 15.9 Å². The number of benzene rings is 3. The largest absolute Gasteiger partial charge is 0.493 e. The minimum absolute atomic E-state index is 0.00911. The maximum absolute atomic E-state index is 13.7. The minimum Gasteiger partial charge on any atom is -0.493 e. The third-order valence-corrected chi connectivity index (χ3v) is 6.24. The smallest absolute Gasteiger partial charge is 0.336 e. The number of carboxylic acid groups (broad SMARTS) is 1. The number of carbonyl (C=O) groups excluding carboxylic acids is 1. The van der Waals surface area contributed by atoms with Gasteiger partial charge in [-0.1, -0.05) is 40.2 Å². The monoisotopic (exact) mass is 495 g/mol. The Morgan fingerprint density at radius 3 is 2.22 bits per heavy atom. The van der Waals surface area contributed by atoms with Gasteiger partial charge in [0, 0.05) is 11.0 Å². The third kappa shape index (κ3) is 3.96. The van der Waals surface area contributed by atoms with Gasteiger partial charge < -0.3 is 19.5 Å². The molecule has 0 saturated heterocycles. The Balaban J connectivity index is 1.87. The fourth-order valence-corrected chi connectivity index (χ4v) is 4.44. The summed E-state index contributed by atoms with van der Waals surface area (Å²) in [5.41, 5.74) is 3.07. The first-order chi connectivity index (χ1) is 15.4. The van der Waals surface area contributed by atoms with Crippen molar-refractivity contribution in [3.63, 3.8) is 0 Å². The van der Waals surface area contributed by atoms with Gasteiger partial charge in [0.15, 0.2) is 11.5 Å². The number of halogens is 1. The van der Waals surface area contributed by atoms with Crippen molar-refractivity contribution in [2.24, 2.45) is 0 Å². The summed E-state index contributed by atoms with van der Waals surface area (Å²) >= 11 is 3.47. The summed E-state index contributed by atoms with van der Waals surface area (Å²) in [7, 11) is 3.17. The van der Waals surface area contributed by atoms with Crippen LogP contribution >= 0.6 is 15.9 Å². The van der Waals surface area contributed by atoms with Crippen molar-refractivity contribution in [3.05, 3.63) is 93.0 Å². The van der Waals surface area contributed by atoms with E-state index in [0.717, 1.165) is 21.2 Å². The molecule has 0 aromatic heterocycles. The first-order valence-electron chi connectivity index (χ1n) is 10.1. The Morgan fingerprint density at radius 1 is 0.969 bits per heavy atom. The molecule has 1 atom stereocenters. The van der Waals surface area contributed by atoms with Gasteiger partial charge in [0.2, 0.25) is 0 Å². The summed E-state index contributed by atoms with van der Waals surface area (Å²) in [5.74, 6) is -0.236. The van der Waals surface area contributed by atoms with Gasteiger partial charge in [-0.3, -0.25) is 4.79 Å². The lowest BCUT2D eigenvalue weighted by Crippen LogP contribution is -2.41. The predicted molar refractivity (Wildman–Crippen MR) is 124 cm³/mol. The summed E-state index contributed by atoms with van der Waals surface area (Å²) in [5, 5.41) is 9.60. The number of rotatable bonds is 5. The van der Waals surface area contributed by atoms with Gasteiger partial charge in [0.05, 0.1) is 31.4 Å². The van der Waals surface area contributed by atoms with E-state index in [4.69, 9.17) is 9.47 Å². The SMILES string of the molecule is COc1cc2c(cc1OC)[C@H](c1ccc(Br)cc1)N(C(=O)c1ccccc1C(=O)O)CC2. The molecule has 0 fully saturated rings. The highest BCUT2D eigenvalue weighted by molar-refractivity contribution is 9.10. The van der Waals surface area contributed by atoms with E-state index in [-0.39, 0.29) is 17.0 Å². The first-order valence-corrected chi connectivity index (χ1v) is 10.9. The Morgan fingerprint density at radius 2 is 1.59 bits per heavy atom. The molecule has 1 heterocycles. The molecule has 3 aromatic rings. The van der Waals surface area contributed by atoms with Crippen LogP contribution in [0.3, 0.4) is 0 Å². The highest BCUT2D eigenvalue weighted by Gasteiger charge is 2.35. The maximum Gasteiger partial charge on any atom is 0.336 e. The second-order valence-electron chi connectivity index (χ2n) is 7.46. The number of fused-ring (bicyclic) bond motifs is 1. The molecule has 3 aromatic carbocycles. The number of ether oxygens (including phenoxy) is 2. The van der Waals surface area contributed by atoms with Gasteiger partial charge in [-0.15, -0.1) is 0 Å². The molecule has 0 radical (unpaired) electrons. The van der Waals surface area contributed by atoms with Crippen LogP contribution in [-0.2, 0) is 6.42 Å². The highest BCUT2D eigenvalue weighted by Crippen LogP contribution is 2.41. The van der Waals surface area contributed by atoms with Crippen LogP contribution in [0.1, 0.15) is 43.4 Å². The molecule has 32 heavy (non-hydrogen) atoms. The average molecular weight is 496 g/mol. The van der Waals surface area contributed by atoms with Crippen molar-refractivity contribution in [1.82, 2.24) is 4.90 Å². The molecule has 164 valence electrons. The molecule has 1 aliphatic heterocycles. The second-order valence-corrected chi connectivity index (χ2v) is 8.38. The number of carboxylic acids is 1. The summed E-state index contributed by atoms with van der Waals surface area (Å²) in [4.78, 5) is 27.1. The van der Waals surface area contributed by atoms with Gasteiger partial charge in [0.25, 0.3) is 5.91 Å². The van der Waals surface area contributed by atoms with Crippen molar-refractivity contribution < 1.29 is 24.2 Å². The van der Waals surface area contributed by atoms with Gasteiger partial charge >= 0.3 is 5.97 Å². The maximum atomic E-state index is 13.7. The third-order valence-electron chi connectivity index (χ3n) is 5.71. The lowest BCUT2D eigenvalue weighted by Gasteiger charge is -2.38. The fourth-order valence-electron chi connectivity index (χ4n) is 4.18. The molecule has 1 amide bonds. The quantitative estimate of drug-likeness (QED) is 0.541. The van der Waals surface area contributed by atoms with Crippen LogP contribution in [0.4, 0.5) is 0 Å². The first kappa shape index (κ1) is 21.9. The molecular weight excluding hydrogens is 474 g/mol. The Labute approximate surface area is 194 Å². The van der Waals surface area contributed by atoms with Gasteiger partial charge in [-0.25, -0.2) is 4.79 Å². The number of aromatic carboxylic acids is 1. The molecule has 4 rings (SSSR count). The standard InChI is InChI=1S/C25H22BrNO5/c1-31-21-13-16-11-12-27(24(28)18-5-3-4-6-19(18)25(29)30)23(20(16)14-22(21)32-2)15-7-9-17(26)10-8-15/h3-10,13-14,23H,11-12H2,1-2H3,(H,29,30)/t23-/m0/s1. The van der Waals surface area contributed by atoms with Crippen LogP contribution in [0, 0.1) is 0 Å². The molecule has 1 N–H and O–H groups in total. The summed E-state index contributed by atoms with van der Waals surface area (Å²) < 4.78 is 11.9. The molecule has 0 aliphatic carbocycles. The van der Waals surface area contributed by atoms with E-state index in [1.165, 1.54) is 6.07 Å². The van der Waals surface area contributed by atoms with E-state index >= 15 is 0 Å². The molecule has 0 saturated carbocycles. The number of carbonyl (C=O) groups is 2. The Kier molecular flexibility index (Phi) is 6.19. The Bertz CT molecular complexity index is 1180. The van der Waals surface area contributed by atoms with E-state index in [1.807, 2.05) is 36.4 Å². The summed E-state index contributed by atoms with van der Waals surface area (Å²) in [6.45, 7) is 0.440. The summed E-state index contributed by atoms with van der Waals surface area (Å²) in [6, 6.07) is 17.6. The number of methoxy groups -OCH3 is 2. The van der Waals surface area contributed by atoms with Crippen LogP contribution in [0.15, 0.2) is 65.1 Å². The van der Waals surface area contributed by atoms with E-state index in [9.17, 15) is 14.7 Å². The zero-order chi connectivity index (χ0) is 22.8. The number of amides is 1. The second kappa shape index (κ2) is 9.04. The van der Waals surface area contributed by atoms with Crippen molar-refractivity contribution in [1.29, 1.82) is 0 Å². The van der Waals surface area contributed by atoms with Crippen LogP contribution in [0.25, 0.3) is 0 Å². The van der Waals surface area contributed by atoms with Crippen LogP contribution in [-0.4, -0.2) is 42.6 Å². The fraction of sp³-hybridized carbons (Fsp3) is 0.200. The lowest BCUT2D eigenvalue weighted by molar-refractivity contribution is 0.0653. The number of hydrogen-bond acceptors (Lipinski definition) is 4. The van der Waals surface area contributed by atoms with Crippen LogP contribution < -0.4 is 9.47 Å². The molecule has 0 spiro atoms. The summed E-state index contributed by atoms with van der Waals surface area (Å²) in [6.07, 6.45) is 0.615. The number of hydrogen-bond donors (Lipinski definition) is 1. The van der Waals surface area contributed by atoms with E-state index in [0.29, 0.717) is 24.5 Å². The molecule has 1 aliphatic rings. The van der Waals surface area contributed by atoms with Crippen molar-refractivity contribution >= 4 is 27.8 Å². The van der Waals surface area contributed by atoms with Gasteiger partial charge in [-0.05, 0) is 59.5 Å². The van der Waals surface area contributed by atoms with Crippen LogP contribution in [0.2, 0.25) is 0 Å². The molecule has 7 heteroatoms. The highest BCUT2D eigenvalue weighted by atomic mass is 79.9. The number of nitrogens with zero attached hydrogens (tertiary/aromatic N) is 1. The molecule has 6 nitrogen and oxygen atoms in total. The lowest BCUT2D eigenvalue weighted by atomic mass is 9.87. The van der Waals surface area contributed by atoms with E-state index < -0.39 is 12.0 Å². The van der Waals surface area contributed by atoms with Crippen molar-refractivity contribution in [3.8, 4) is 11.5 Å². The van der Waals surface area contributed by atoms with Gasteiger partial charge in [0.1, 0.15) is 0 Å². The van der Waals surface area contributed by atoms with Gasteiger partial charge in [-0.2, -0.15) is 0 Å². The normalized spacial score (nSPS) is 15.1. The Hall–Kier alpha value is -3.32. The minimum atomic E-state index is -1.13. The van der Waals surface area contributed by atoms with E-state index in [1.54, 1.807) is 37.3 Å². The van der Waals surface area contributed by atoms with Crippen LogP contribution in [0.5, 0.6) is 11.5 Å². The molecule has 0 bridgehead atoms. The topological polar surface area (TPSA) is 76.1 Å². The molecular formula is C25H22BrNO5. The molecule has 0 unspecified atom stereocenters. The predicted octanol–water partition coefficient (Wildman–Crippen LogP) is 4.95. The van der Waals surface area contributed by atoms with Crippen molar-refractivity contribution in [2.75, 3.05) is 20.8 Å². The zero-order valence-corrected chi connectivity index (χ0v) is 19.3. The average Bonchev–Trinajstić information content (AvgIpc) is 2.82. The van der Waals surface area contributed by atoms with Crippen molar-refractivity contribution in [2.45, 2.75) is 12.5 Å².